The molecule has 120 valence electrons. The van der Waals surface area contributed by atoms with Gasteiger partial charge in [0, 0.05) is 17.8 Å². The first-order valence-corrected chi connectivity index (χ1v) is 7.26. The number of ether oxygens (including phenoxy) is 1. The molecule has 3 aromatic heterocycles. The Bertz CT molecular complexity index is 1130. The van der Waals surface area contributed by atoms with E-state index in [1.807, 2.05) is 40.9 Å². The van der Waals surface area contributed by atoms with Crippen LogP contribution in [0, 0.1) is 0 Å². The molecule has 7 nitrogen and oxygen atoms in total. The van der Waals surface area contributed by atoms with Gasteiger partial charge in [0.05, 0.1) is 18.1 Å². The smallest absolute Gasteiger partial charge is 0.344 e. The number of fused-ring (bicyclic) bond motifs is 2. The van der Waals surface area contributed by atoms with Crippen molar-refractivity contribution in [3.05, 3.63) is 48.1 Å². The zero-order chi connectivity index (χ0) is 16.7. The van der Waals surface area contributed by atoms with Gasteiger partial charge in [-0.1, -0.05) is 11.2 Å². The van der Waals surface area contributed by atoms with Gasteiger partial charge in [0.1, 0.15) is 11.3 Å². The van der Waals surface area contributed by atoms with Gasteiger partial charge < -0.3 is 19.1 Å². The molecule has 0 aliphatic carbocycles. The van der Waals surface area contributed by atoms with Crippen molar-refractivity contribution in [2.24, 2.45) is 5.16 Å². The number of benzene rings is 1. The Kier molecular flexibility index (Phi) is 3.19. The molecule has 0 aliphatic heterocycles. The first-order valence-electron chi connectivity index (χ1n) is 7.26. The Morgan fingerprint density at radius 2 is 2.21 bits per heavy atom. The number of carboxylic acids is 1. The second kappa shape index (κ2) is 5.38. The lowest BCUT2D eigenvalue weighted by Crippen LogP contribution is -2.13. The summed E-state index contributed by atoms with van der Waals surface area (Å²) in [6.45, 7) is -0.509. The first kappa shape index (κ1) is 14.3. The summed E-state index contributed by atoms with van der Waals surface area (Å²) < 4.78 is 7.45. The van der Waals surface area contributed by atoms with Gasteiger partial charge in [-0.2, -0.15) is 0 Å². The third-order valence-electron chi connectivity index (χ3n) is 3.89. The summed E-state index contributed by atoms with van der Waals surface area (Å²) in [7, 11) is 1.62. The number of aromatic nitrogens is 2. The average Bonchev–Trinajstić information content (AvgIpc) is 3.06. The molecular formula is C17H13N3O4. The van der Waals surface area contributed by atoms with Crippen molar-refractivity contribution in [3.63, 3.8) is 0 Å². The Labute approximate surface area is 135 Å². The molecule has 0 bridgehead atoms. The average molecular weight is 323 g/mol. The second-order valence-corrected chi connectivity index (χ2v) is 5.24. The highest BCUT2D eigenvalue weighted by Crippen LogP contribution is 2.31. The van der Waals surface area contributed by atoms with Crippen molar-refractivity contribution in [1.29, 1.82) is 0 Å². The van der Waals surface area contributed by atoms with Gasteiger partial charge in [-0.15, -0.1) is 0 Å². The molecule has 0 unspecified atom stereocenters. The van der Waals surface area contributed by atoms with Gasteiger partial charge in [0.25, 0.3) is 0 Å². The normalized spacial score (nSPS) is 12.3. The van der Waals surface area contributed by atoms with Crippen LogP contribution in [0.4, 0.5) is 0 Å². The van der Waals surface area contributed by atoms with Gasteiger partial charge in [0.15, 0.2) is 5.36 Å². The number of nitrogens with zero attached hydrogens (tertiary/aromatic N) is 3. The minimum atomic E-state index is -1.08. The predicted molar refractivity (Wildman–Crippen MR) is 87.1 cm³/mol. The summed E-state index contributed by atoms with van der Waals surface area (Å²) in [6.07, 6.45) is 3.59. The van der Waals surface area contributed by atoms with Crippen molar-refractivity contribution in [1.82, 2.24) is 9.38 Å². The maximum Gasteiger partial charge on any atom is 0.344 e. The Balaban J connectivity index is 2.18. The van der Waals surface area contributed by atoms with E-state index in [4.69, 9.17) is 14.7 Å². The molecule has 0 radical (unpaired) electrons. The molecule has 0 spiro atoms. The largest absolute Gasteiger partial charge is 0.495 e. The zero-order valence-electron chi connectivity index (χ0n) is 12.8. The van der Waals surface area contributed by atoms with Crippen LogP contribution >= 0.6 is 0 Å². The van der Waals surface area contributed by atoms with Gasteiger partial charge >= 0.3 is 5.97 Å². The highest BCUT2D eigenvalue weighted by Gasteiger charge is 2.15. The van der Waals surface area contributed by atoms with Crippen LogP contribution in [-0.4, -0.2) is 34.2 Å². The van der Waals surface area contributed by atoms with E-state index in [2.05, 4.69) is 10.1 Å². The fraction of sp³-hybridized carbons (Fsp3) is 0.118. The molecule has 0 fully saturated rings. The lowest BCUT2D eigenvalue weighted by atomic mass is 10.1. The summed E-state index contributed by atoms with van der Waals surface area (Å²) in [6, 6.07) is 9.53. The number of carboxylic acid groups (broad SMARTS) is 1. The quantitative estimate of drug-likeness (QED) is 0.581. The van der Waals surface area contributed by atoms with Crippen LogP contribution in [-0.2, 0) is 9.63 Å². The SMILES string of the molecule is COc1ccc2ccnc3c(=NOCC(=O)O)c4cccn4c1c23. The lowest BCUT2D eigenvalue weighted by Gasteiger charge is -2.12. The molecule has 0 saturated heterocycles. The number of methoxy groups -OCH3 is 1. The molecule has 0 atom stereocenters. The monoisotopic (exact) mass is 323 g/mol. The highest BCUT2D eigenvalue weighted by molar-refractivity contribution is 6.10. The fourth-order valence-electron chi connectivity index (χ4n) is 2.95. The van der Waals surface area contributed by atoms with Gasteiger partial charge in [0.2, 0.25) is 6.61 Å². The number of aliphatic carboxylic acids is 1. The van der Waals surface area contributed by atoms with Crippen molar-refractivity contribution in [3.8, 4) is 5.75 Å². The molecule has 4 aromatic rings. The molecular weight excluding hydrogens is 310 g/mol. The van der Waals surface area contributed by atoms with E-state index in [-0.39, 0.29) is 0 Å². The summed E-state index contributed by atoms with van der Waals surface area (Å²) in [5.41, 5.74) is 2.28. The highest BCUT2D eigenvalue weighted by atomic mass is 16.6. The van der Waals surface area contributed by atoms with Crippen LogP contribution in [0.1, 0.15) is 0 Å². The fourth-order valence-corrected chi connectivity index (χ4v) is 2.95. The predicted octanol–water partition coefficient (Wildman–Crippen LogP) is 2.00. The Hall–Kier alpha value is -3.35. The number of carbonyl (C=O) groups is 1. The minimum absolute atomic E-state index is 0.493. The summed E-state index contributed by atoms with van der Waals surface area (Å²) in [5.74, 6) is -0.363. The maximum absolute atomic E-state index is 10.7. The summed E-state index contributed by atoms with van der Waals surface area (Å²) in [5, 5.41) is 15.1. The maximum atomic E-state index is 10.7. The van der Waals surface area contributed by atoms with E-state index in [1.54, 1.807) is 13.3 Å². The molecule has 4 rings (SSSR count). The van der Waals surface area contributed by atoms with E-state index in [9.17, 15) is 4.79 Å². The van der Waals surface area contributed by atoms with Crippen molar-refractivity contribution in [2.45, 2.75) is 0 Å². The van der Waals surface area contributed by atoms with E-state index >= 15 is 0 Å². The molecule has 0 saturated carbocycles. The summed E-state index contributed by atoms with van der Waals surface area (Å²) in [4.78, 5) is 20.1. The van der Waals surface area contributed by atoms with Crippen molar-refractivity contribution < 1.29 is 19.5 Å². The van der Waals surface area contributed by atoms with Crippen LogP contribution in [0.5, 0.6) is 5.75 Å². The third kappa shape index (κ3) is 2.02. The van der Waals surface area contributed by atoms with Gasteiger partial charge in [-0.05, 0) is 29.7 Å². The standard InChI is InChI=1S/C17H13N3O4/c1-23-12-5-4-10-6-7-18-16-14(10)17(12)20-8-2-3-11(20)15(16)19-24-9-13(21)22/h2-8H,9H2,1H3,(H,21,22). The first-order chi connectivity index (χ1) is 11.7. The Morgan fingerprint density at radius 3 is 3.00 bits per heavy atom. The molecule has 0 amide bonds. The van der Waals surface area contributed by atoms with E-state index in [0.717, 1.165) is 27.6 Å². The van der Waals surface area contributed by atoms with Crippen LogP contribution in [0.2, 0.25) is 0 Å². The van der Waals surface area contributed by atoms with E-state index in [0.29, 0.717) is 10.9 Å². The third-order valence-corrected chi connectivity index (χ3v) is 3.89. The number of hydrogen-bond acceptors (Lipinski definition) is 5. The number of rotatable bonds is 4. The molecule has 1 N–H and O–H groups in total. The summed E-state index contributed by atoms with van der Waals surface area (Å²) >= 11 is 0. The van der Waals surface area contributed by atoms with Crippen LogP contribution < -0.4 is 10.1 Å². The molecule has 0 aliphatic rings. The Morgan fingerprint density at radius 1 is 1.33 bits per heavy atom. The lowest BCUT2D eigenvalue weighted by molar-refractivity contribution is -0.142. The van der Waals surface area contributed by atoms with E-state index < -0.39 is 12.6 Å². The molecule has 3 heterocycles. The molecule has 1 aromatic carbocycles. The van der Waals surface area contributed by atoms with Crippen molar-refractivity contribution >= 4 is 33.3 Å². The topological polar surface area (TPSA) is 85.4 Å². The number of pyridine rings is 2. The minimum Gasteiger partial charge on any atom is -0.495 e. The zero-order valence-corrected chi connectivity index (χ0v) is 12.8. The van der Waals surface area contributed by atoms with Crippen LogP contribution in [0.3, 0.4) is 0 Å². The van der Waals surface area contributed by atoms with E-state index in [1.165, 1.54) is 0 Å². The van der Waals surface area contributed by atoms with Gasteiger partial charge in [-0.25, -0.2) is 4.79 Å². The number of hydrogen-bond donors (Lipinski definition) is 1. The van der Waals surface area contributed by atoms with Crippen LogP contribution in [0.15, 0.2) is 47.9 Å². The second-order valence-electron chi connectivity index (χ2n) is 5.24. The molecule has 7 heteroatoms. The van der Waals surface area contributed by atoms with Crippen LogP contribution in [0.25, 0.3) is 27.3 Å². The van der Waals surface area contributed by atoms with Gasteiger partial charge in [-0.3, -0.25) is 4.98 Å². The van der Waals surface area contributed by atoms with Crippen molar-refractivity contribution in [2.75, 3.05) is 13.7 Å². The molecule has 24 heavy (non-hydrogen) atoms.